The number of hydrogen-bond acceptors (Lipinski definition) is 3. The molecule has 1 saturated heterocycles. The van der Waals surface area contributed by atoms with E-state index in [0.29, 0.717) is 6.04 Å². The average molecular weight is 497 g/mol. The summed E-state index contributed by atoms with van der Waals surface area (Å²) in [5.74, 6) is 2.12. The standard InChI is InChI=1S/C18H29ClN4S.HI/c1-20-18(21-10-3-13-24-2)22-17-8-11-23(12-9-17)14-15-4-6-16(19)7-5-15;/h4-7,17H,3,8-14H2,1-2H3,(H2,20,21,22);1H. The number of benzene rings is 1. The number of thioether (sulfide) groups is 1. The van der Waals surface area contributed by atoms with Crippen molar-refractivity contribution in [3.8, 4) is 0 Å². The lowest BCUT2D eigenvalue weighted by Gasteiger charge is -2.33. The van der Waals surface area contributed by atoms with Crippen LogP contribution in [-0.4, -0.2) is 55.6 Å². The molecule has 1 aromatic carbocycles. The van der Waals surface area contributed by atoms with Gasteiger partial charge in [-0.2, -0.15) is 11.8 Å². The second kappa shape index (κ2) is 13.1. The molecule has 4 nitrogen and oxygen atoms in total. The van der Waals surface area contributed by atoms with Crippen molar-refractivity contribution in [2.75, 3.05) is 38.7 Å². The quantitative estimate of drug-likeness (QED) is 0.260. The highest BCUT2D eigenvalue weighted by Crippen LogP contribution is 2.15. The molecule has 1 heterocycles. The molecule has 0 aliphatic carbocycles. The van der Waals surface area contributed by atoms with Crippen molar-refractivity contribution < 1.29 is 0 Å². The van der Waals surface area contributed by atoms with E-state index in [4.69, 9.17) is 11.6 Å². The van der Waals surface area contributed by atoms with Crippen LogP contribution in [-0.2, 0) is 6.54 Å². The van der Waals surface area contributed by atoms with Crippen LogP contribution in [0.2, 0.25) is 5.02 Å². The summed E-state index contributed by atoms with van der Waals surface area (Å²) in [7, 11) is 1.85. The summed E-state index contributed by atoms with van der Waals surface area (Å²) >= 11 is 7.83. The zero-order valence-electron chi connectivity index (χ0n) is 15.1. The second-order valence-electron chi connectivity index (χ2n) is 6.17. The van der Waals surface area contributed by atoms with E-state index >= 15 is 0 Å². The van der Waals surface area contributed by atoms with Gasteiger partial charge in [-0.3, -0.25) is 9.89 Å². The topological polar surface area (TPSA) is 39.7 Å². The van der Waals surface area contributed by atoms with Crippen LogP contribution in [0.4, 0.5) is 0 Å². The first-order valence-electron chi connectivity index (χ1n) is 8.64. The molecule has 2 N–H and O–H groups in total. The average Bonchev–Trinajstić information content (AvgIpc) is 2.61. The molecule has 142 valence electrons. The van der Waals surface area contributed by atoms with Crippen LogP contribution in [0.15, 0.2) is 29.3 Å². The third-order valence-corrected chi connectivity index (χ3v) is 5.24. The molecule has 1 aliphatic heterocycles. The fourth-order valence-electron chi connectivity index (χ4n) is 2.89. The van der Waals surface area contributed by atoms with Crippen LogP contribution in [0.25, 0.3) is 0 Å². The highest BCUT2D eigenvalue weighted by atomic mass is 127. The number of aliphatic imine (C=N–C) groups is 1. The molecule has 0 bridgehead atoms. The largest absolute Gasteiger partial charge is 0.356 e. The molecule has 2 rings (SSSR count). The van der Waals surface area contributed by atoms with Crippen LogP contribution in [0, 0.1) is 0 Å². The Bertz CT molecular complexity index is 504. The Morgan fingerprint density at radius 1 is 1.28 bits per heavy atom. The Morgan fingerprint density at radius 3 is 2.56 bits per heavy atom. The minimum atomic E-state index is 0. The first-order valence-corrected chi connectivity index (χ1v) is 10.4. The van der Waals surface area contributed by atoms with E-state index in [2.05, 4.69) is 38.9 Å². The lowest BCUT2D eigenvalue weighted by Crippen LogP contribution is -2.48. The third kappa shape index (κ3) is 8.84. The molecule has 0 unspecified atom stereocenters. The predicted molar refractivity (Wildman–Crippen MR) is 123 cm³/mol. The summed E-state index contributed by atoms with van der Waals surface area (Å²) in [6.45, 7) is 4.22. The SMILES string of the molecule is CN=C(NCCCSC)NC1CCN(Cc2ccc(Cl)cc2)CC1.I. The molecule has 0 atom stereocenters. The van der Waals surface area contributed by atoms with Crippen molar-refractivity contribution in [2.24, 2.45) is 4.99 Å². The molecule has 7 heteroatoms. The molecule has 0 aromatic heterocycles. The molecular formula is C18H30ClIN4S. The lowest BCUT2D eigenvalue weighted by atomic mass is 10.0. The van der Waals surface area contributed by atoms with Gasteiger partial charge in [-0.05, 0) is 49.0 Å². The number of piperidine rings is 1. The van der Waals surface area contributed by atoms with Crippen molar-refractivity contribution in [1.82, 2.24) is 15.5 Å². The zero-order valence-corrected chi connectivity index (χ0v) is 19.0. The van der Waals surface area contributed by atoms with E-state index in [1.807, 2.05) is 30.9 Å². The van der Waals surface area contributed by atoms with Gasteiger partial charge in [0.05, 0.1) is 0 Å². The number of nitrogens with one attached hydrogen (secondary N) is 2. The fraction of sp³-hybridized carbons (Fsp3) is 0.611. The third-order valence-electron chi connectivity index (χ3n) is 4.29. The van der Waals surface area contributed by atoms with Gasteiger partial charge >= 0.3 is 0 Å². The van der Waals surface area contributed by atoms with Gasteiger partial charge in [0.15, 0.2) is 5.96 Å². The Hall–Kier alpha value is -0.180. The number of nitrogens with zero attached hydrogens (tertiary/aromatic N) is 2. The number of hydrogen-bond donors (Lipinski definition) is 2. The van der Waals surface area contributed by atoms with Gasteiger partial charge in [0.25, 0.3) is 0 Å². The highest BCUT2D eigenvalue weighted by Gasteiger charge is 2.19. The lowest BCUT2D eigenvalue weighted by molar-refractivity contribution is 0.198. The summed E-state index contributed by atoms with van der Waals surface area (Å²) in [6, 6.07) is 8.69. The summed E-state index contributed by atoms with van der Waals surface area (Å²) in [5, 5.41) is 7.77. The van der Waals surface area contributed by atoms with Crippen LogP contribution < -0.4 is 10.6 Å². The van der Waals surface area contributed by atoms with E-state index in [-0.39, 0.29) is 24.0 Å². The van der Waals surface area contributed by atoms with Crippen LogP contribution in [0.1, 0.15) is 24.8 Å². The summed E-state index contributed by atoms with van der Waals surface area (Å²) < 4.78 is 0. The first kappa shape index (κ1) is 22.9. The van der Waals surface area contributed by atoms with E-state index in [1.165, 1.54) is 17.7 Å². The minimum Gasteiger partial charge on any atom is -0.356 e. The maximum Gasteiger partial charge on any atom is 0.191 e. The molecule has 1 fully saturated rings. The molecule has 25 heavy (non-hydrogen) atoms. The van der Waals surface area contributed by atoms with Crippen LogP contribution in [0.3, 0.4) is 0 Å². The Balaban J connectivity index is 0.00000312. The van der Waals surface area contributed by atoms with Crippen molar-refractivity contribution in [3.05, 3.63) is 34.9 Å². The molecular weight excluding hydrogens is 467 g/mol. The van der Waals surface area contributed by atoms with Gasteiger partial charge < -0.3 is 10.6 Å². The van der Waals surface area contributed by atoms with E-state index < -0.39 is 0 Å². The van der Waals surface area contributed by atoms with Crippen molar-refractivity contribution in [1.29, 1.82) is 0 Å². The van der Waals surface area contributed by atoms with Gasteiger partial charge in [0, 0.05) is 44.3 Å². The van der Waals surface area contributed by atoms with Gasteiger partial charge in [0.2, 0.25) is 0 Å². The van der Waals surface area contributed by atoms with Crippen molar-refractivity contribution >= 4 is 53.3 Å². The number of rotatable bonds is 7. The minimum absolute atomic E-state index is 0. The number of guanidine groups is 1. The van der Waals surface area contributed by atoms with Gasteiger partial charge in [-0.15, -0.1) is 24.0 Å². The molecule has 1 aliphatic rings. The van der Waals surface area contributed by atoms with Crippen molar-refractivity contribution in [3.63, 3.8) is 0 Å². The van der Waals surface area contributed by atoms with E-state index in [0.717, 1.165) is 50.0 Å². The zero-order chi connectivity index (χ0) is 17.2. The Morgan fingerprint density at radius 2 is 1.96 bits per heavy atom. The molecule has 0 amide bonds. The smallest absolute Gasteiger partial charge is 0.191 e. The monoisotopic (exact) mass is 496 g/mol. The maximum absolute atomic E-state index is 5.95. The summed E-state index contributed by atoms with van der Waals surface area (Å²) in [6.07, 6.45) is 5.62. The van der Waals surface area contributed by atoms with Crippen LogP contribution in [0.5, 0.6) is 0 Å². The van der Waals surface area contributed by atoms with E-state index in [1.54, 1.807) is 0 Å². The molecule has 0 radical (unpaired) electrons. The maximum atomic E-state index is 5.95. The summed E-state index contributed by atoms with van der Waals surface area (Å²) in [4.78, 5) is 6.85. The predicted octanol–water partition coefficient (Wildman–Crippen LogP) is 3.84. The van der Waals surface area contributed by atoms with E-state index in [9.17, 15) is 0 Å². The molecule has 1 aromatic rings. The normalized spacial score (nSPS) is 16.4. The first-order chi connectivity index (χ1) is 11.7. The molecule has 0 spiro atoms. The van der Waals surface area contributed by atoms with Crippen molar-refractivity contribution in [2.45, 2.75) is 31.8 Å². The van der Waals surface area contributed by atoms with Gasteiger partial charge in [0.1, 0.15) is 0 Å². The summed E-state index contributed by atoms with van der Waals surface area (Å²) in [5.41, 5.74) is 1.33. The molecule has 0 saturated carbocycles. The second-order valence-corrected chi connectivity index (χ2v) is 7.59. The fourth-order valence-corrected chi connectivity index (χ4v) is 3.45. The van der Waals surface area contributed by atoms with Gasteiger partial charge in [-0.1, -0.05) is 23.7 Å². The Kier molecular flexibility index (Phi) is 11.9. The Labute approximate surface area is 178 Å². The van der Waals surface area contributed by atoms with Gasteiger partial charge in [-0.25, -0.2) is 0 Å². The number of halogens is 2. The highest BCUT2D eigenvalue weighted by molar-refractivity contribution is 14.0. The number of likely N-dealkylation sites (tertiary alicyclic amines) is 1. The van der Waals surface area contributed by atoms with Crippen LogP contribution >= 0.6 is 47.3 Å².